The maximum Gasteiger partial charge on any atom is 0.0574 e. The zero-order valence-corrected chi connectivity index (χ0v) is 34.2. The van der Waals surface area contributed by atoms with Crippen molar-refractivity contribution in [2.24, 2.45) is 0 Å². The third kappa shape index (κ3) is 5.96. The number of nitrogens with zero attached hydrogens (tertiary/aromatic N) is 3. The molecular formula is C52H55N3. The predicted molar refractivity (Wildman–Crippen MR) is 239 cm³/mol. The Balaban J connectivity index is 1.42. The Bertz CT molecular complexity index is 2750. The highest BCUT2D eigenvalue weighted by Crippen LogP contribution is 2.43. The van der Waals surface area contributed by atoms with Crippen LogP contribution in [0.3, 0.4) is 0 Å². The molecule has 0 amide bonds. The summed E-state index contributed by atoms with van der Waals surface area (Å²) in [6.07, 6.45) is 5.25. The van der Waals surface area contributed by atoms with E-state index in [-0.39, 0.29) is 11.0 Å². The van der Waals surface area contributed by atoms with Gasteiger partial charge < -0.3 is 14.0 Å². The average Bonchev–Trinajstić information content (AvgIpc) is 3.69. The molecule has 0 unspecified atom stereocenters. The molecule has 0 fully saturated rings. The van der Waals surface area contributed by atoms with Crippen molar-refractivity contribution in [2.45, 2.75) is 92.5 Å². The zero-order chi connectivity index (χ0) is 38.8. The molecule has 0 aliphatic heterocycles. The number of aromatic nitrogens is 2. The summed E-state index contributed by atoms with van der Waals surface area (Å²) in [5.41, 5.74) is 15.9. The van der Waals surface area contributed by atoms with E-state index in [4.69, 9.17) is 0 Å². The van der Waals surface area contributed by atoms with Crippen molar-refractivity contribution in [3.05, 3.63) is 156 Å². The largest absolute Gasteiger partial charge is 0.332 e. The van der Waals surface area contributed by atoms with Crippen molar-refractivity contribution in [2.75, 3.05) is 4.90 Å². The van der Waals surface area contributed by atoms with Crippen LogP contribution in [-0.4, -0.2) is 14.7 Å². The molecule has 278 valence electrons. The number of fused-ring (bicyclic) bond motifs is 6. The zero-order valence-electron chi connectivity index (χ0n) is 34.2. The molecule has 8 rings (SSSR count). The fraction of sp³-hybridized carbons (Fsp3) is 0.269. The highest BCUT2D eigenvalue weighted by Gasteiger charge is 2.29. The summed E-state index contributed by atoms with van der Waals surface area (Å²) in [4.78, 5) is 2.48. The number of hydrogen-bond acceptors (Lipinski definition) is 1. The molecular weight excluding hydrogens is 667 g/mol. The number of hydrogen-bond donors (Lipinski definition) is 0. The molecule has 2 heterocycles. The van der Waals surface area contributed by atoms with E-state index in [9.17, 15) is 0 Å². The van der Waals surface area contributed by atoms with Crippen LogP contribution in [0.2, 0.25) is 0 Å². The minimum Gasteiger partial charge on any atom is -0.332 e. The van der Waals surface area contributed by atoms with E-state index in [1.165, 1.54) is 82.8 Å². The summed E-state index contributed by atoms with van der Waals surface area (Å²) in [7, 11) is 0. The van der Waals surface area contributed by atoms with Gasteiger partial charge in [0, 0.05) is 44.3 Å². The van der Waals surface area contributed by atoms with Crippen LogP contribution in [-0.2, 0) is 11.8 Å². The monoisotopic (exact) mass is 721 g/mol. The summed E-state index contributed by atoms with van der Waals surface area (Å²) in [6, 6.07) is 44.0. The molecule has 0 saturated carbocycles. The molecule has 3 nitrogen and oxygen atoms in total. The quantitative estimate of drug-likeness (QED) is 0.128. The van der Waals surface area contributed by atoms with Gasteiger partial charge in [0.05, 0.1) is 27.6 Å². The van der Waals surface area contributed by atoms with Crippen LogP contribution in [0.15, 0.2) is 128 Å². The van der Waals surface area contributed by atoms with Gasteiger partial charge in [-0.25, -0.2) is 0 Å². The van der Waals surface area contributed by atoms with E-state index in [0.29, 0.717) is 0 Å². The molecule has 0 atom stereocenters. The van der Waals surface area contributed by atoms with Crippen molar-refractivity contribution >= 4 is 55.0 Å². The second-order valence-corrected chi connectivity index (χ2v) is 16.6. The predicted octanol–water partition coefficient (Wildman–Crippen LogP) is 14.5. The SMILES string of the molecule is C=CC(C)(C)N(c1ccc2c(c1)c1cc(-n3c4ccc(C)cc4c4cc(C(C)(CC)CC)ccc43)ccc1n2-c1ccc(C)cc1)c1ccc(C)cc1CC. The van der Waals surface area contributed by atoms with Crippen molar-refractivity contribution in [1.82, 2.24) is 9.13 Å². The van der Waals surface area contributed by atoms with Gasteiger partial charge in [-0.2, -0.15) is 0 Å². The van der Waals surface area contributed by atoms with E-state index in [1.54, 1.807) is 0 Å². The summed E-state index contributed by atoms with van der Waals surface area (Å²) < 4.78 is 4.91. The van der Waals surface area contributed by atoms with Gasteiger partial charge in [0.15, 0.2) is 0 Å². The maximum atomic E-state index is 4.32. The molecule has 0 spiro atoms. The second-order valence-electron chi connectivity index (χ2n) is 16.6. The fourth-order valence-corrected chi connectivity index (χ4v) is 8.79. The molecule has 6 aromatic carbocycles. The lowest BCUT2D eigenvalue weighted by Gasteiger charge is -2.39. The van der Waals surface area contributed by atoms with E-state index in [1.807, 2.05) is 0 Å². The molecule has 3 heteroatoms. The lowest BCUT2D eigenvalue weighted by molar-refractivity contribution is 0.439. The number of benzene rings is 6. The first kappa shape index (κ1) is 36.4. The topological polar surface area (TPSA) is 13.1 Å². The van der Waals surface area contributed by atoms with E-state index >= 15 is 0 Å². The van der Waals surface area contributed by atoms with Crippen molar-refractivity contribution in [3.8, 4) is 11.4 Å². The highest BCUT2D eigenvalue weighted by molar-refractivity contribution is 6.13. The Hall–Kier alpha value is -5.54. The van der Waals surface area contributed by atoms with Crippen LogP contribution in [0.25, 0.3) is 55.0 Å². The summed E-state index contributed by atoms with van der Waals surface area (Å²) in [5, 5.41) is 5.09. The molecule has 0 radical (unpaired) electrons. The number of anilines is 2. The Labute approximate surface area is 327 Å². The van der Waals surface area contributed by atoms with Crippen molar-refractivity contribution < 1.29 is 0 Å². The fourth-order valence-electron chi connectivity index (χ4n) is 8.79. The molecule has 55 heavy (non-hydrogen) atoms. The van der Waals surface area contributed by atoms with Gasteiger partial charge in [-0.1, -0.05) is 86.9 Å². The van der Waals surface area contributed by atoms with Gasteiger partial charge in [0.25, 0.3) is 0 Å². The van der Waals surface area contributed by atoms with E-state index in [2.05, 4.69) is 204 Å². The molecule has 0 aliphatic carbocycles. The van der Waals surface area contributed by atoms with Crippen LogP contribution in [0.4, 0.5) is 11.4 Å². The van der Waals surface area contributed by atoms with Crippen LogP contribution in [0.1, 0.15) is 82.2 Å². The molecule has 2 aromatic heterocycles. The Morgan fingerprint density at radius 1 is 0.545 bits per heavy atom. The molecule has 8 aromatic rings. The van der Waals surface area contributed by atoms with Gasteiger partial charge in [-0.15, -0.1) is 6.58 Å². The minimum absolute atomic E-state index is 0.144. The van der Waals surface area contributed by atoms with Gasteiger partial charge in [-0.3, -0.25) is 0 Å². The smallest absolute Gasteiger partial charge is 0.0574 e. The van der Waals surface area contributed by atoms with Crippen molar-refractivity contribution in [1.29, 1.82) is 0 Å². The van der Waals surface area contributed by atoms with Crippen LogP contribution in [0.5, 0.6) is 0 Å². The molecule has 0 bridgehead atoms. The second kappa shape index (κ2) is 13.6. The van der Waals surface area contributed by atoms with E-state index < -0.39 is 0 Å². The van der Waals surface area contributed by atoms with Gasteiger partial charge in [0.1, 0.15) is 0 Å². The Kier molecular flexibility index (Phi) is 9.04. The van der Waals surface area contributed by atoms with Gasteiger partial charge in [0.2, 0.25) is 0 Å². The lowest BCUT2D eigenvalue weighted by Crippen LogP contribution is -2.39. The van der Waals surface area contributed by atoms with E-state index in [0.717, 1.165) is 30.6 Å². The van der Waals surface area contributed by atoms with Crippen LogP contribution < -0.4 is 4.90 Å². The average molecular weight is 722 g/mol. The highest BCUT2D eigenvalue weighted by atomic mass is 15.2. The van der Waals surface area contributed by atoms with Crippen LogP contribution >= 0.6 is 0 Å². The third-order valence-electron chi connectivity index (χ3n) is 12.7. The summed E-state index contributed by atoms with van der Waals surface area (Å²) in [6.45, 7) is 24.7. The molecule has 0 aliphatic rings. The van der Waals surface area contributed by atoms with Gasteiger partial charge in [-0.05, 0) is 149 Å². The number of rotatable bonds is 10. The minimum atomic E-state index is -0.334. The first-order chi connectivity index (χ1) is 26.4. The normalized spacial score (nSPS) is 12.4. The molecule has 0 N–H and O–H groups in total. The standard InChI is InChI=1S/C52H55N3/c1-11-37-29-35(6)17-24-46(37)55(51(8,9)12-2)41-23-28-50-45(33-41)44-32-40(22-27-49(44)53(50)39-20-15-34(5)16-21-39)54-47-25-18-36(7)30-42(47)43-31-38(19-26-48(43)54)52(10,13-3)14-4/h12,15-33H,2,11,13-14H2,1,3-10H3. The third-order valence-corrected chi connectivity index (χ3v) is 12.7. The summed E-state index contributed by atoms with van der Waals surface area (Å²) >= 11 is 0. The maximum absolute atomic E-state index is 4.32. The summed E-state index contributed by atoms with van der Waals surface area (Å²) in [5.74, 6) is 0. The Morgan fingerprint density at radius 2 is 1.05 bits per heavy atom. The first-order valence-corrected chi connectivity index (χ1v) is 20.2. The Morgan fingerprint density at radius 3 is 1.71 bits per heavy atom. The molecule has 0 saturated heterocycles. The van der Waals surface area contributed by atoms with Crippen molar-refractivity contribution in [3.63, 3.8) is 0 Å². The number of aryl methyl sites for hydroxylation is 4. The van der Waals surface area contributed by atoms with Crippen LogP contribution in [0, 0.1) is 20.8 Å². The lowest BCUT2D eigenvalue weighted by atomic mass is 9.77. The first-order valence-electron chi connectivity index (χ1n) is 20.2. The van der Waals surface area contributed by atoms with Gasteiger partial charge >= 0.3 is 0 Å².